The Morgan fingerprint density at radius 2 is 1.76 bits per heavy atom. The molecule has 2 aromatic carbocycles. The van der Waals surface area contributed by atoms with Crippen LogP contribution in [0, 0.1) is 0 Å². The van der Waals surface area contributed by atoms with Crippen molar-refractivity contribution in [3.8, 4) is 11.5 Å². The molecule has 2 N–H and O–H groups in total. The Bertz CT molecular complexity index is 1080. The molecule has 1 aliphatic heterocycles. The number of carbonyl (C=O) groups is 2. The van der Waals surface area contributed by atoms with Crippen molar-refractivity contribution >= 4 is 29.3 Å². The van der Waals surface area contributed by atoms with E-state index in [0.29, 0.717) is 28.4 Å². The zero-order valence-corrected chi connectivity index (χ0v) is 15.3. The second-order valence-corrected chi connectivity index (χ2v) is 6.21. The number of amides is 2. The number of carbonyl (C=O) groups excluding carboxylic acids is 2. The summed E-state index contributed by atoms with van der Waals surface area (Å²) in [6, 6.07) is 15.7. The van der Waals surface area contributed by atoms with E-state index in [1.807, 2.05) is 6.07 Å². The number of hydrogen-bond acceptors (Lipinski definition) is 5. The predicted octanol–water partition coefficient (Wildman–Crippen LogP) is 3.71. The van der Waals surface area contributed by atoms with E-state index in [9.17, 15) is 9.59 Å². The third kappa shape index (κ3) is 4.59. The number of aromatic nitrogens is 1. The van der Waals surface area contributed by atoms with E-state index in [1.54, 1.807) is 60.8 Å². The zero-order chi connectivity index (χ0) is 20.1. The molecule has 7 nitrogen and oxygen atoms in total. The van der Waals surface area contributed by atoms with Gasteiger partial charge < -0.3 is 20.1 Å². The Morgan fingerprint density at radius 3 is 2.59 bits per heavy atom. The maximum Gasteiger partial charge on any atom is 0.257 e. The molecule has 7 heteroatoms. The van der Waals surface area contributed by atoms with Crippen molar-refractivity contribution in [1.29, 1.82) is 0 Å². The Morgan fingerprint density at radius 1 is 0.931 bits per heavy atom. The summed E-state index contributed by atoms with van der Waals surface area (Å²) in [5.74, 6) is 0.782. The third-order valence-electron chi connectivity index (χ3n) is 4.14. The molecule has 0 atom stereocenters. The average Bonchev–Trinajstić information content (AvgIpc) is 3.21. The monoisotopic (exact) mass is 387 g/mol. The fourth-order valence-electron chi connectivity index (χ4n) is 2.75. The molecule has 1 aromatic heterocycles. The quantitative estimate of drug-likeness (QED) is 0.652. The van der Waals surface area contributed by atoms with Crippen LogP contribution in [0.2, 0.25) is 0 Å². The van der Waals surface area contributed by atoms with Gasteiger partial charge in [-0.1, -0.05) is 12.1 Å². The number of rotatable bonds is 5. The molecular weight excluding hydrogens is 370 g/mol. The van der Waals surface area contributed by atoms with Gasteiger partial charge in [0.25, 0.3) is 5.91 Å². The second-order valence-electron chi connectivity index (χ2n) is 6.21. The lowest BCUT2D eigenvalue weighted by molar-refractivity contribution is -0.111. The highest BCUT2D eigenvalue weighted by molar-refractivity contribution is 6.05. The largest absolute Gasteiger partial charge is 0.454 e. The number of hydrogen-bond donors (Lipinski definition) is 2. The number of pyridine rings is 1. The lowest BCUT2D eigenvalue weighted by Gasteiger charge is -2.08. The summed E-state index contributed by atoms with van der Waals surface area (Å²) < 4.78 is 10.6. The number of ether oxygens (including phenoxy) is 2. The minimum Gasteiger partial charge on any atom is -0.454 e. The van der Waals surface area contributed by atoms with Crippen LogP contribution in [0.15, 0.2) is 73.1 Å². The molecule has 2 amide bonds. The van der Waals surface area contributed by atoms with Gasteiger partial charge in [0.2, 0.25) is 12.7 Å². The molecule has 0 fully saturated rings. The molecule has 0 saturated carbocycles. The molecule has 3 aromatic rings. The highest BCUT2D eigenvalue weighted by atomic mass is 16.7. The van der Waals surface area contributed by atoms with E-state index in [0.717, 1.165) is 5.56 Å². The number of fused-ring (bicyclic) bond motifs is 1. The van der Waals surface area contributed by atoms with Gasteiger partial charge in [-0.05, 0) is 54.1 Å². The molecule has 0 aliphatic carbocycles. The van der Waals surface area contributed by atoms with Gasteiger partial charge in [-0.3, -0.25) is 14.6 Å². The number of nitrogens with zero attached hydrogens (tertiary/aromatic N) is 1. The second kappa shape index (κ2) is 8.26. The van der Waals surface area contributed by atoms with Crippen LogP contribution in [0.3, 0.4) is 0 Å². The van der Waals surface area contributed by atoms with Crippen molar-refractivity contribution < 1.29 is 19.1 Å². The standard InChI is InChI=1S/C22H17N3O4/c26-21(9-7-15-6-8-19-20(11-15)29-14-28-19)24-17-4-1-5-18(12-17)25-22(27)16-3-2-10-23-13-16/h1-13H,14H2,(H,24,26)(H,25,27)/b9-7+. The van der Waals surface area contributed by atoms with Gasteiger partial charge in [-0.2, -0.15) is 0 Å². The Kier molecular flexibility index (Phi) is 5.20. The summed E-state index contributed by atoms with van der Waals surface area (Å²) in [6.45, 7) is 0.205. The molecule has 0 spiro atoms. The van der Waals surface area contributed by atoms with Gasteiger partial charge in [0.05, 0.1) is 5.56 Å². The van der Waals surface area contributed by atoms with Crippen LogP contribution in [-0.4, -0.2) is 23.6 Å². The Hall–Kier alpha value is -4.13. The van der Waals surface area contributed by atoms with Crippen LogP contribution in [0.25, 0.3) is 6.08 Å². The molecule has 29 heavy (non-hydrogen) atoms. The number of benzene rings is 2. The van der Waals surface area contributed by atoms with Crippen LogP contribution < -0.4 is 20.1 Å². The highest BCUT2D eigenvalue weighted by Crippen LogP contribution is 2.32. The zero-order valence-electron chi connectivity index (χ0n) is 15.3. The van der Waals surface area contributed by atoms with E-state index in [2.05, 4.69) is 15.6 Å². The first-order chi connectivity index (χ1) is 14.2. The Labute approximate surface area is 167 Å². The molecule has 144 valence electrons. The summed E-state index contributed by atoms with van der Waals surface area (Å²) in [4.78, 5) is 28.4. The van der Waals surface area contributed by atoms with E-state index >= 15 is 0 Å². The lowest BCUT2D eigenvalue weighted by atomic mass is 10.2. The van der Waals surface area contributed by atoms with Crippen molar-refractivity contribution in [2.45, 2.75) is 0 Å². The van der Waals surface area contributed by atoms with Gasteiger partial charge >= 0.3 is 0 Å². The minimum atomic E-state index is -0.293. The fraction of sp³-hybridized carbons (Fsp3) is 0.0455. The first-order valence-electron chi connectivity index (χ1n) is 8.87. The van der Waals surface area contributed by atoms with Gasteiger partial charge in [0.1, 0.15) is 0 Å². The lowest BCUT2D eigenvalue weighted by Crippen LogP contribution is -2.13. The van der Waals surface area contributed by atoms with E-state index in [1.165, 1.54) is 12.3 Å². The SMILES string of the molecule is O=C(/C=C/c1ccc2c(c1)OCO2)Nc1cccc(NC(=O)c2cccnc2)c1. The van der Waals surface area contributed by atoms with Crippen LogP contribution in [0.1, 0.15) is 15.9 Å². The predicted molar refractivity (Wildman–Crippen MR) is 109 cm³/mol. The maximum atomic E-state index is 12.2. The van der Waals surface area contributed by atoms with Gasteiger partial charge in [0.15, 0.2) is 11.5 Å². The van der Waals surface area contributed by atoms with Crippen LogP contribution in [-0.2, 0) is 4.79 Å². The maximum absolute atomic E-state index is 12.2. The van der Waals surface area contributed by atoms with Crippen molar-refractivity contribution in [3.63, 3.8) is 0 Å². The molecular formula is C22H17N3O4. The topological polar surface area (TPSA) is 89.5 Å². The van der Waals surface area contributed by atoms with E-state index in [-0.39, 0.29) is 18.6 Å². The number of nitrogens with one attached hydrogen (secondary N) is 2. The normalized spacial score (nSPS) is 12.0. The van der Waals surface area contributed by atoms with Crippen molar-refractivity contribution in [3.05, 3.63) is 84.2 Å². The average molecular weight is 387 g/mol. The summed E-state index contributed by atoms with van der Waals surface area (Å²) in [6.07, 6.45) is 6.20. The van der Waals surface area contributed by atoms with Crippen molar-refractivity contribution in [2.24, 2.45) is 0 Å². The van der Waals surface area contributed by atoms with Gasteiger partial charge in [-0.15, -0.1) is 0 Å². The van der Waals surface area contributed by atoms with Crippen molar-refractivity contribution in [1.82, 2.24) is 4.98 Å². The number of anilines is 2. The minimum absolute atomic E-state index is 0.205. The first-order valence-corrected chi connectivity index (χ1v) is 8.87. The summed E-state index contributed by atoms with van der Waals surface area (Å²) in [5.41, 5.74) is 2.40. The van der Waals surface area contributed by atoms with Crippen LogP contribution >= 0.6 is 0 Å². The molecule has 0 saturated heterocycles. The molecule has 2 heterocycles. The summed E-state index contributed by atoms with van der Waals surface area (Å²) in [7, 11) is 0. The third-order valence-corrected chi connectivity index (χ3v) is 4.14. The summed E-state index contributed by atoms with van der Waals surface area (Å²) in [5, 5.41) is 5.55. The molecule has 4 rings (SSSR count). The van der Waals surface area contributed by atoms with Gasteiger partial charge in [-0.25, -0.2) is 0 Å². The van der Waals surface area contributed by atoms with Crippen molar-refractivity contribution in [2.75, 3.05) is 17.4 Å². The molecule has 0 bridgehead atoms. The highest BCUT2D eigenvalue weighted by Gasteiger charge is 2.12. The fourth-order valence-corrected chi connectivity index (χ4v) is 2.75. The Balaban J connectivity index is 1.38. The van der Waals surface area contributed by atoms with Gasteiger partial charge in [0, 0.05) is 29.8 Å². The van der Waals surface area contributed by atoms with E-state index < -0.39 is 0 Å². The summed E-state index contributed by atoms with van der Waals surface area (Å²) >= 11 is 0. The van der Waals surface area contributed by atoms with E-state index in [4.69, 9.17) is 9.47 Å². The molecule has 0 unspecified atom stereocenters. The van der Waals surface area contributed by atoms with Crippen LogP contribution in [0.5, 0.6) is 11.5 Å². The molecule has 0 radical (unpaired) electrons. The molecule has 1 aliphatic rings. The smallest absolute Gasteiger partial charge is 0.257 e. The van der Waals surface area contributed by atoms with Crippen LogP contribution in [0.4, 0.5) is 11.4 Å². The first kappa shape index (κ1) is 18.2.